The Bertz CT molecular complexity index is 679. The predicted octanol–water partition coefficient (Wildman–Crippen LogP) is 1.50. The van der Waals surface area contributed by atoms with Gasteiger partial charge in [0.15, 0.2) is 5.82 Å². The van der Waals surface area contributed by atoms with Crippen molar-refractivity contribution in [3.05, 3.63) is 6.20 Å². The molecule has 1 aromatic rings. The summed E-state index contributed by atoms with van der Waals surface area (Å²) in [5.41, 5.74) is 5.88. The lowest BCUT2D eigenvalue weighted by Gasteiger charge is -2.39. The van der Waals surface area contributed by atoms with E-state index in [4.69, 9.17) is 5.73 Å². The molecule has 1 aromatic heterocycles. The van der Waals surface area contributed by atoms with Gasteiger partial charge in [0.1, 0.15) is 4.90 Å². The van der Waals surface area contributed by atoms with Gasteiger partial charge in [-0.05, 0) is 36.0 Å². The lowest BCUT2D eigenvalue weighted by molar-refractivity contribution is 0.130. The summed E-state index contributed by atoms with van der Waals surface area (Å²) in [5, 5.41) is 3.92. The van der Waals surface area contributed by atoms with Crippen molar-refractivity contribution < 1.29 is 8.42 Å². The molecule has 6 nitrogen and oxygen atoms in total. The quantitative estimate of drug-likeness (QED) is 0.885. The van der Waals surface area contributed by atoms with Crippen molar-refractivity contribution >= 4 is 15.8 Å². The number of nitrogens with one attached hydrogen (secondary N) is 1. The number of hydrogen-bond donors (Lipinski definition) is 2. The topological polar surface area (TPSA) is 90.0 Å². The van der Waals surface area contributed by atoms with E-state index < -0.39 is 10.0 Å². The molecule has 2 fully saturated rings. The molecule has 21 heavy (non-hydrogen) atoms. The van der Waals surface area contributed by atoms with Gasteiger partial charge in [-0.1, -0.05) is 20.8 Å². The second-order valence-electron chi connectivity index (χ2n) is 7.34. The molecule has 3 unspecified atom stereocenters. The minimum absolute atomic E-state index is 0.00169. The zero-order valence-electron chi connectivity index (χ0n) is 13.0. The van der Waals surface area contributed by atoms with E-state index in [1.165, 1.54) is 17.3 Å². The fourth-order valence-electron chi connectivity index (χ4n) is 4.32. The third-order valence-corrected chi connectivity index (χ3v) is 7.69. The highest BCUT2D eigenvalue weighted by Gasteiger charge is 2.62. The minimum atomic E-state index is -3.62. The summed E-state index contributed by atoms with van der Waals surface area (Å²) in [6.45, 7) is 6.73. The number of fused-ring (bicyclic) bond motifs is 2. The van der Waals surface area contributed by atoms with E-state index in [2.05, 4.69) is 30.6 Å². The third kappa shape index (κ3) is 1.93. The number of aryl methyl sites for hydroxylation is 1. The molecule has 2 bridgehead atoms. The number of sulfonamides is 1. The zero-order valence-corrected chi connectivity index (χ0v) is 13.9. The van der Waals surface area contributed by atoms with Crippen molar-refractivity contribution in [1.29, 1.82) is 0 Å². The first-order valence-corrected chi connectivity index (χ1v) is 8.88. The highest BCUT2D eigenvalue weighted by atomic mass is 32.2. The Morgan fingerprint density at radius 3 is 2.52 bits per heavy atom. The maximum Gasteiger partial charge on any atom is 0.246 e. The number of anilines is 1. The van der Waals surface area contributed by atoms with E-state index in [1.807, 2.05) is 0 Å². The average Bonchev–Trinajstić information content (AvgIpc) is 2.86. The molecule has 7 heteroatoms. The van der Waals surface area contributed by atoms with E-state index in [9.17, 15) is 8.42 Å². The Labute approximate surface area is 126 Å². The van der Waals surface area contributed by atoms with Gasteiger partial charge in [0.2, 0.25) is 10.0 Å². The molecule has 0 spiro atoms. The number of nitrogens with two attached hydrogens (primary N) is 1. The van der Waals surface area contributed by atoms with Gasteiger partial charge in [-0.15, -0.1) is 0 Å². The molecule has 0 amide bonds. The van der Waals surface area contributed by atoms with Crippen LogP contribution in [0.5, 0.6) is 0 Å². The number of rotatable bonds is 3. The van der Waals surface area contributed by atoms with Gasteiger partial charge >= 0.3 is 0 Å². The van der Waals surface area contributed by atoms with Gasteiger partial charge < -0.3 is 5.73 Å². The van der Waals surface area contributed by atoms with E-state index in [-0.39, 0.29) is 27.6 Å². The summed E-state index contributed by atoms with van der Waals surface area (Å²) in [6.07, 6.45) is 4.62. The van der Waals surface area contributed by atoms with Crippen molar-refractivity contribution in [2.24, 2.45) is 23.8 Å². The standard InChI is InChI=1S/C14H24N4O2S/c1-13(2)9-5-6-14(13,3)11(7-9)17-21(19,20)10-8-18(4)16-12(10)15/h8-9,11,17H,5-7H2,1-4H3,(H2,15,16). The fourth-order valence-corrected chi connectivity index (χ4v) is 5.79. The third-order valence-electron chi connectivity index (χ3n) is 6.20. The molecule has 0 radical (unpaired) electrons. The molecular weight excluding hydrogens is 288 g/mol. The Kier molecular flexibility index (Phi) is 2.99. The Balaban J connectivity index is 1.90. The van der Waals surface area contributed by atoms with Crippen LogP contribution >= 0.6 is 0 Å². The van der Waals surface area contributed by atoms with Gasteiger partial charge in [0.25, 0.3) is 0 Å². The molecule has 3 atom stereocenters. The largest absolute Gasteiger partial charge is 0.381 e. The van der Waals surface area contributed by atoms with Gasteiger partial charge in [-0.25, -0.2) is 13.1 Å². The molecule has 3 N–H and O–H groups in total. The maximum atomic E-state index is 12.6. The SMILES string of the molecule is Cn1cc(S(=O)(=O)NC2CC3CCC2(C)C3(C)C)c(N)n1. The van der Waals surface area contributed by atoms with Crippen LogP contribution in [0, 0.1) is 16.7 Å². The van der Waals surface area contributed by atoms with Crippen molar-refractivity contribution in [2.45, 2.75) is 51.0 Å². The summed E-state index contributed by atoms with van der Waals surface area (Å²) >= 11 is 0. The summed E-state index contributed by atoms with van der Waals surface area (Å²) in [6, 6.07) is -0.0316. The molecule has 2 aliphatic carbocycles. The lowest BCUT2D eigenvalue weighted by atomic mass is 9.69. The summed E-state index contributed by atoms with van der Waals surface area (Å²) in [7, 11) is -1.96. The Hall–Kier alpha value is -1.08. The van der Waals surface area contributed by atoms with Crippen LogP contribution in [0.4, 0.5) is 5.82 Å². The average molecular weight is 312 g/mol. The molecule has 118 valence electrons. The van der Waals surface area contributed by atoms with Crippen molar-refractivity contribution in [1.82, 2.24) is 14.5 Å². The molecule has 3 rings (SSSR count). The molecule has 1 heterocycles. The number of nitrogens with zero attached hydrogens (tertiary/aromatic N) is 2. The van der Waals surface area contributed by atoms with Crippen LogP contribution in [0.2, 0.25) is 0 Å². The molecule has 2 aliphatic rings. The van der Waals surface area contributed by atoms with Crippen LogP contribution in [0.15, 0.2) is 11.1 Å². The van der Waals surface area contributed by atoms with Crippen LogP contribution in [0.1, 0.15) is 40.0 Å². The number of aromatic nitrogens is 2. The molecular formula is C14H24N4O2S. The minimum Gasteiger partial charge on any atom is -0.381 e. The van der Waals surface area contributed by atoms with Gasteiger partial charge in [0, 0.05) is 19.3 Å². The van der Waals surface area contributed by atoms with Gasteiger partial charge in [0.05, 0.1) is 0 Å². The van der Waals surface area contributed by atoms with Crippen molar-refractivity contribution in [3.63, 3.8) is 0 Å². The first-order chi connectivity index (χ1) is 9.58. The van der Waals surface area contributed by atoms with Gasteiger partial charge in [-0.3, -0.25) is 4.68 Å². The van der Waals surface area contributed by atoms with E-state index in [0.29, 0.717) is 5.92 Å². The van der Waals surface area contributed by atoms with E-state index >= 15 is 0 Å². The van der Waals surface area contributed by atoms with Crippen molar-refractivity contribution in [3.8, 4) is 0 Å². The van der Waals surface area contributed by atoms with Gasteiger partial charge in [-0.2, -0.15) is 5.10 Å². The normalized spacial score (nSPS) is 34.5. The Morgan fingerprint density at radius 2 is 2.10 bits per heavy atom. The van der Waals surface area contributed by atoms with E-state index in [1.54, 1.807) is 7.05 Å². The molecule has 2 saturated carbocycles. The van der Waals surface area contributed by atoms with Crippen LogP contribution in [-0.2, 0) is 17.1 Å². The number of hydrogen-bond acceptors (Lipinski definition) is 4. The summed E-state index contributed by atoms with van der Waals surface area (Å²) in [4.78, 5) is 0.0779. The van der Waals surface area contributed by atoms with Crippen LogP contribution < -0.4 is 10.5 Å². The first-order valence-electron chi connectivity index (χ1n) is 7.39. The molecule has 0 aromatic carbocycles. The summed E-state index contributed by atoms with van der Waals surface area (Å²) in [5.74, 6) is 0.638. The zero-order chi connectivity index (χ0) is 15.6. The van der Waals surface area contributed by atoms with Crippen LogP contribution in [0.25, 0.3) is 0 Å². The Morgan fingerprint density at radius 1 is 1.43 bits per heavy atom. The second kappa shape index (κ2) is 4.23. The van der Waals surface area contributed by atoms with Crippen LogP contribution in [0.3, 0.4) is 0 Å². The predicted molar refractivity (Wildman–Crippen MR) is 81.0 cm³/mol. The maximum absolute atomic E-state index is 12.6. The second-order valence-corrected chi connectivity index (χ2v) is 9.02. The van der Waals surface area contributed by atoms with Crippen LogP contribution in [-0.4, -0.2) is 24.2 Å². The van der Waals surface area contributed by atoms with Crippen molar-refractivity contribution in [2.75, 3.05) is 5.73 Å². The highest BCUT2D eigenvalue weighted by molar-refractivity contribution is 7.89. The first kappa shape index (κ1) is 14.8. The molecule has 0 saturated heterocycles. The van der Waals surface area contributed by atoms with E-state index in [0.717, 1.165) is 12.8 Å². The lowest BCUT2D eigenvalue weighted by Crippen LogP contribution is -2.46. The molecule has 0 aliphatic heterocycles. The summed E-state index contributed by atoms with van der Waals surface area (Å²) < 4.78 is 29.5. The highest BCUT2D eigenvalue weighted by Crippen LogP contribution is 2.65. The fraction of sp³-hybridized carbons (Fsp3) is 0.786. The monoisotopic (exact) mass is 312 g/mol. The smallest absolute Gasteiger partial charge is 0.246 e. The number of nitrogen functional groups attached to an aromatic ring is 1.